The molecule has 2 aromatic heterocycles. The molecule has 5 heteroatoms. The van der Waals surface area contributed by atoms with E-state index in [-0.39, 0.29) is 6.71 Å². The van der Waals surface area contributed by atoms with Crippen LogP contribution in [0, 0.1) is 0 Å². The first-order valence-electron chi connectivity index (χ1n) is 28.5. The quantitative estimate of drug-likeness (QED) is 0.142. The van der Waals surface area contributed by atoms with Crippen LogP contribution in [0.5, 0.6) is 0 Å². The monoisotopic (exact) mass is 1060 g/mol. The summed E-state index contributed by atoms with van der Waals surface area (Å²) in [5.74, 6) is 0. The van der Waals surface area contributed by atoms with Crippen LogP contribution in [0.15, 0.2) is 306 Å². The normalized spacial score (nSPS) is 12.5. The van der Waals surface area contributed by atoms with Gasteiger partial charge in [-0.15, -0.1) is 0 Å². The number of hydrogen-bond acceptors (Lipinski definition) is 4. The maximum absolute atomic E-state index is 6.40. The third-order valence-corrected chi connectivity index (χ3v) is 17.3. The molecule has 4 nitrogen and oxygen atoms in total. The number of nitrogens with zero attached hydrogens (tertiary/aromatic N) is 2. The van der Waals surface area contributed by atoms with Crippen LogP contribution < -0.4 is 26.2 Å². The second-order valence-corrected chi connectivity index (χ2v) is 21.8. The topological polar surface area (TPSA) is 32.8 Å². The highest BCUT2D eigenvalue weighted by Crippen LogP contribution is 2.50. The maximum Gasteiger partial charge on any atom is 0.252 e. The Morgan fingerprint density at radius 1 is 0.217 bits per heavy atom. The SMILES string of the molecule is c1ccc(-c2ccccc2-c2ccc3c(c2)B2c4cc(-c5ccccc5-c5ccccc5)ccc4N(c4ccccc4-c4ccc5oc6ccccc6c5c4)c4cccc(c42)N3c2ccccc2-c2ccc3oc4ccccc4c3c2)cc1. The number of hydrogen-bond donors (Lipinski definition) is 0. The van der Waals surface area contributed by atoms with E-state index in [1.54, 1.807) is 0 Å². The largest absolute Gasteiger partial charge is 0.456 e. The lowest BCUT2D eigenvalue weighted by Crippen LogP contribution is -2.61. The van der Waals surface area contributed by atoms with Crippen LogP contribution in [-0.4, -0.2) is 6.71 Å². The number of fused-ring (bicyclic) bond motifs is 10. The summed E-state index contributed by atoms with van der Waals surface area (Å²) in [6, 6.07) is 109. The van der Waals surface area contributed by atoms with Crippen molar-refractivity contribution in [2.75, 3.05) is 9.80 Å². The lowest BCUT2D eigenvalue weighted by molar-refractivity contribution is 0.668. The first-order valence-corrected chi connectivity index (χ1v) is 28.5. The second-order valence-electron chi connectivity index (χ2n) is 21.8. The highest BCUT2D eigenvalue weighted by molar-refractivity contribution is 7.00. The Kier molecular flexibility index (Phi) is 10.7. The third kappa shape index (κ3) is 7.48. The molecule has 0 spiro atoms. The number of rotatable bonds is 8. The molecule has 15 aromatic rings. The van der Waals surface area contributed by atoms with Crippen LogP contribution >= 0.6 is 0 Å². The van der Waals surface area contributed by atoms with Gasteiger partial charge in [-0.05, 0) is 145 Å². The van der Waals surface area contributed by atoms with Crippen LogP contribution in [0.4, 0.5) is 34.1 Å². The smallest absolute Gasteiger partial charge is 0.252 e. The highest BCUT2D eigenvalue weighted by Gasteiger charge is 2.44. The Bertz CT molecular complexity index is 4760. The molecular weight excluding hydrogens is 1010 g/mol. The minimum absolute atomic E-state index is 0.173. The van der Waals surface area contributed by atoms with E-state index in [4.69, 9.17) is 8.83 Å². The van der Waals surface area contributed by atoms with Crippen LogP contribution in [0.1, 0.15) is 0 Å². The summed E-state index contributed by atoms with van der Waals surface area (Å²) in [7, 11) is 0. The van der Waals surface area contributed by atoms with Crippen molar-refractivity contribution in [2.24, 2.45) is 0 Å². The van der Waals surface area contributed by atoms with Gasteiger partial charge in [0.05, 0.1) is 11.4 Å². The highest BCUT2D eigenvalue weighted by atomic mass is 16.3. The summed E-state index contributed by atoms with van der Waals surface area (Å²) >= 11 is 0. The van der Waals surface area contributed by atoms with Crippen molar-refractivity contribution in [1.82, 2.24) is 0 Å². The van der Waals surface area contributed by atoms with Crippen molar-refractivity contribution in [2.45, 2.75) is 0 Å². The number of anilines is 6. The van der Waals surface area contributed by atoms with Gasteiger partial charge in [0.1, 0.15) is 22.3 Å². The van der Waals surface area contributed by atoms with Gasteiger partial charge in [0.25, 0.3) is 6.71 Å². The van der Waals surface area contributed by atoms with E-state index in [2.05, 4.69) is 295 Å². The van der Waals surface area contributed by atoms with Gasteiger partial charge in [0, 0.05) is 55.4 Å². The molecule has 0 saturated carbocycles. The lowest BCUT2D eigenvalue weighted by atomic mass is 9.33. The second kappa shape index (κ2) is 18.9. The van der Waals surface area contributed by atoms with Crippen LogP contribution in [0.25, 0.3) is 111 Å². The number of furan rings is 2. The van der Waals surface area contributed by atoms with E-state index >= 15 is 0 Å². The van der Waals surface area contributed by atoms with Gasteiger partial charge >= 0.3 is 0 Å². The Morgan fingerprint density at radius 2 is 0.554 bits per heavy atom. The summed E-state index contributed by atoms with van der Waals surface area (Å²) in [4.78, 5) is 5.10. The summed E-state index contributed by atoms with van der Waals surface area (Å²) in [6.07, 6.45) is 0. The van der Waals surface area contributed by atoms with Gasteiger partial charge in [0.15, 0.2) is 0 Å². The van der Waals surface area contributed by atoms with Crippen molar-refractivity contribution >= 4 is 101 Å². The molecule has 0 N–H and O–H groups in total. The first-order chi connectivity index (χ1) is 41.2. The summed E-state index contributed by atoms with van der Waals surface area (Å²) in [5, 5.41) is 4.41. The van der Waals surface area contributed by atoms with E-state index < -0.39 is 0 Å². The van der Waals surface area contributed by atoms with Crippen molar-refractivity contribution in [3.05, 3.63) is 297 Å². The van der Waals surface area contributed by atoms with Gasteiger partial charge in [-0.2, -0.15) is 0 Å². The summed E-state index contributed by atoms with van der Waals surface area (Å²) in [6.45, 7) is -0.173. The van der Waals surface area contributed by atoms with Crippen molar-refractivity contribution in [1.29, 1.82) is 0 Å². The van der Waals surface area contributed by atoms with E-state index in [1.165, 1.54) is 49.8 Å². The number of para-hydroxylation sites is 4. The summed E-state index contributed by atoms with van der Waals surface area (Å²) in [5.41, 5.74) is 27.9. The molecule has 0 atom stereocenters. The molecule has 0 amide bonds. The van der Waals surface area contributed by atoms with E-state index in [0.29, 0.717) is 0 Å². The average molecular weight is 1060 g/mol. The predicted octanol–water partition coefficient (Wildman–Crippen LogP) is 19.6. The fourth-order valence-electron chi connectivity index (χ4n) is 13.6. The van der Waals surface area contributed by atoms with Gasteiger partial charge < -0.3 is 18.6 Å². The van der Waals surface area contributed by atoms with Gasteiger partial charge in [-0.25, -0.2) is 0 Å². The van der Waals surface area contributed by atoms with Gasteiger partial charge in [0.2, 0.25) is 0 Å². The minimum Gasteiger partial charge on any atom is -0.456 e. The predicted molar refractivity (Wildman–Crippen MR) is 348 cm³/mol. The molecule has 2 aliphatic heterocycles. The zero-order valence-electron chi connectivity index (χ0n) is 45.1. The lowest BCUT2D eigenvalue weighted by Gasteiger charge is -2.45. The fraction of sp³-hybridized carbons (Fsp3) is 0. The molecule has 4 heterocycles. The molecule has 0 unspecified atom stereocenters. The van der Waals surface area contributed by atoms with Crippen LogP contribution in [0.2, 0.25) is 0 Å². The molecule has 0 fully saturated rings. The molecule has 0 bridgehead atoms. The van der Waals surface area contributed by atoms with E-state index in [0.717, 1.165) is 111 Å². The fourth-order valence-corrected chi connectivity index (χ4v) is 13.6. The van der Waals surface area contributed by atoms with E-state index in [9.17, 15) is 0 Å². The molecule has 2 aliphatic rings. The molecule has 17 rings (SSSR count). The molecule has 13 aromatic carbocycles. The van der Waals surface area contributed by atoms with Crippen LogP contribution in [-0.2, 0) is 0 Å². The maximum atomic E-state index is 6.40. The number of benzene rings is 13. The zero-order chi connectivity index (χ0) is 54.5. The van der Waals surface area contributed by atoms with Crippen molar-refractivity contribution in [3.8, 4) is 66.8 Å². The van der Waals surface area contributed by atoms with E-state index in [1.807, 2.05) is 12.1 Å². The Hall–Kier alpha value is -10.9. The minimum atomic E-state index is -0.173. The van der Waals surface area contributed by atoms with Gasteiger partial charge in [-0.1, -0.05) is 224 Å². The Labute approximate surface area is 481 Å². The zero-order valence-corrected chi connectivity index (χ0v) is 45.1. The Balaban J connectivity index is 0.944. The molecule has 0 saturated heterocycles. The van der Waals surface area contributed by atoms with Gasteiger partial charge in [-0.3, -0.25) is 0 Å². The molecule has 83 heavy (non-hydrogen) atoms. The standard InChI is InChI=1S/C78H49BN2O2/c1-3-20-50(21-4-1)56-24-7-9-26-58(56)54-38-42-70-66(48-54)79-67-49-55(59-27-10-8-25-57(59)51-22-5-2-6-23-51)39-43-71(67)81(69-33-16-12-29-61(69)53-41-45-77-65(47-53)63-31-14-18-37-75(63)83-77)73-35-19-34-72(78(73)79)80(70)68-32-15-11-28-60(68)52-40-44-76-64(46-52)62-30-13-17-36-74(62)82-76/h1-49H. The molecule has 0 aliphatic carbocycles. The van der Waals surface area contributed by atoms with Crippen molar-refractivity contribution in [3.63, 3.8) is 0 Å². The molecule has 386 valence electrons. The van der Waals surface area contributed by atoms with Crippen molar-refractivity contribution < 1.29 is 8.83 Å². The van der Waals surface area contributed by atoms with Crippen LogP contribution in [0.3, 0.4) is 0 Å². The molecular formula is C78H49BN2O2. The third-order valence-electron chi connectivity index (χ3n) is 17.3. The average Bonchev–Trinajstić information content (AvgIpc) is 4.34. The molecule has 0 radical (unpaired) electrons. The Morgan fingerprint density at radius 3 is 1.01 bits per heavy atom. The summed E-state index contributed by atoms with van der Waals surface area (Å²) < 4.78 is 12.8. The first kappa shape index (κ1) is 47.0.